The first kappa shape index (κ1) is 26.8. The number of aromatic amines is 1. The fourth-order valence-corrected chi connectivity index (χ4v) is 4.98. The number of methoxy groups -OCH3 is 1. The van der Waals surface area contributed by atoms with Gasteiger partial charge in [-0.3, -0.25) is 19.3 Å². The average molecular weight is 535 g/mol. The van der Waals surface area contributed by atoms with Crippen molar-refractivity contribution in [3.8, 4) is 0 Å². The molecule has 10 nitrogen and oxygen atoms in total. The van der Waals surface area contributed by atoms with Crippen LogP contribution in [0.3, 0.4) is 0 Å². The van der Waals surface area contributed by atoms with Crippen molar-refractivity contribution in [2.45, 2.75) is 25.8 Å². The number of nitrogens with zero attached hydrogens (tertiary/aromatic N) is 2. The minimum absolute atomic E-state index is 0.0151. The van der Waals surface area contributed by atoms with Crippen LogP contribution in [0, 0.1) is 0 Å². The molecule has 38 heavy (non-hydrogen) atoms. The van der Waals surface area contributed by atoms with Gasteiger partial charge in [-0.05, 0) is 41.2 Å². The third-order valence-corrected chi connectivity index (χ3v) is 7.09. The molecule has 0 aliphatic heterocycles. The molecule has 0 bridgehead atoms. The third kappa shape index (κ3) is 5.24. The van der Waals surface area contributed by atoms with Crippen LogP contribution in [0.5, 0.6) is 0 Å². The Hall–Kier alpha value is -4.22. The topological polar surface area (TPSA) is 156 Å². The zero-order valence-corrected chi connectivity index (χ0v) is 22.2. The number of carbonyl (C=O) groups excluding carboxylic acids is 3. The molecule has 0 radical (unpaired) electrons. The summed E-state index contributed by atoms with van der Waals surface area (Å²) in [4.78, 5) is 44.4. The lowest BCUT2D eigenvalue weighted by molar-refractivity contribution is -0.122. The molecule has 0 unspecified atom stereocenters. The van der Waals surface area contributed by atoms with Crippen LogP contribution in [-0.4, -0.2) is 47.3 Å². The molecule has 0 saturated heterocycles. The van der Waals surface area contributed by atoms with E-state index in [2.05, 4.69) is 28.5 Å². The first-order valence-electron chi connectivity index (χ1n) is 12.1. The average Bonchev–Trinajstić information content (AvgIpc) is 3.50. The summed E-state index contributed by atoms with van der Waals surface area (Å²) in [6, 6.07) is 13.9. The van der Waals surface area contributed by atoms with E-state index in [4.69, 9.17) is 16.2 Å². The van der Waals surface area contributed by atoms with Crippen LogP contribution in [-0.2, 0) is 9.53 Å². The van der Waals surface area contributed by atoms with E-state index >= 15 is 0 Å². The quantitative estimate of drug-likeness (QED) is 0.228. The normalized spacial score (nSPS) is 12.0. The second-order valence-corrected chi connectivity index (χ2v) is 9.81. The number of fused-ring (bicyclic) bond motifs is 1. The van der Waals surface area contributed by atoms with E-state index in [0.29, 0.717) is 17.9 Å². The first-order valence-corrected chi connectivity index (χ1v) is 12.8. The predicted molar refractivity (Wildman–Crippen MR) is 148 cm³/mol. The Bertz CT molecular complexity index is 1460. The van der Waals surface area contributed by atoms with Crippen LogP contribution in [0.15, 0.2) is 54.7 Å². The number of amides is 3. The lowest BCUT2D eigenvalue weighted by Gasteiger charge is -2.31. The summed E-state index contributed by atoms with van der Waals surface area (Å²) in [5.74, 6) is -1.56. The number of nitrogen functional groups attached to an aromatic ring is 1. The number of benzene rings is 2. The van der Waals surface area contributed by atoms with Crippen molar-refractivity contribution in [1.82, 2.24) is 14.7 Å². The largest absolute Gasteiger partial charge is 0.395 e. The number of rotatable bonds is 10. The van der Waals surface area contributed by atoms with Crippen molar-refractivity contribution in [2.75, 3.05) is 30.9 Å². The maximum Gasteiger partial charge on any atom is 0.273 e. The molecule has 4 aromatic rings. The fraction of sp³-hybridized carbons (Fsp3) is 0.259. The number of nitrogens with one attached hydrogen (secondary N) is 2. The van der Waals surface area contributed by atoms with Gasteiger partial charge < -0.3 is 26.5 Å². The Morgan fingerprint density at radius 3 is 2.47 bits per heavy atom. The minimum atomic E-state index is -1.08. The van der Waals surface area contributed by atoms with Gasteiger partial charge in [-0.15, -0.1) is 0 Å². The van der Waals surface area contributed by atoms with E-state index in [1.54, 1.807) is 18.3 Å². The molecule has 2 aromatic heterocycles. The summed E-state index contributed by atoms with van der Waals surface area (Å²) >= 11 is 0.769. The van der Waals surface area contributed by atoms with E-state index in [1.807, 2.05) is 36.4 Å². The van der Waals surface area contributed by atoms with Crippen molar-refractivity contribution in [2.24, 2.45) is 5.73 Å². The van der Waals surface area contributed by atoms with Gasteiger partial charge in [-0.1, -0.05) is 44.2 Å². The highest BCUT2D eigenvalue weighted by atomic mass is 32.1. The van der Waals surface area contributed by atoms with Gasteiger partial charge in [0, 0.05) is 42.0 Å². The van der Waals surface area contributed by atoms with E-state index in [0.717, 1.165) is 28.0 Å². The zero-order valence-electron chi connectivity index (χ0n) is 21.4. The number of ether oxygens (including phenoxy) is 1. The van der Waals surface area contributed by atoms with Crippen molar-refractivity contribution in [1.29, 1.82) is 0 Å². The Kier molecular flexibility index (Phi) is 8.08. The fourth-order valence-electron chi connectivity index (χ4n) is 4.23. The third-order valence-electron chi connectivity index (χ3n) is 6.24. The summed E-state index contributed by atoms with van der Waals surface area (Å²) in [5.41, 5.74) is 14.2. The second kappa shape index (κ2) is 11.4. The minimum Gasteiger partial charge on any atom is -0.395 e. The number of carbonyl (C=O) groups is 3. The summed E-state index contributed by atoms with van der Waals surface area (Å²) in [5, 5.41) is 3.66. The Labute approximate surface area is 224 Å². The van der Waals surface area contributed by atoms with Gasteiger partial charge in [0.25, 0.3) is 11.8 Å². The molecule has 1 atom stereocenters. The number of anilines is 2. The number of hydrogen-bond donors (Lipinski definition) is 4. The molecule has 0 spiro atoms. The summed E-state index contributed by atoms with van der Waals surface area (Å²) in [6.45, 7) is 4.68. The van der Waals surface area contributed by atoms with E-state index in [1.165, 1.54) is 12.0 Å². The van der Waals surface area contributed by atoms with Crippen LogP contribution in [0.4, 0.5) is 11.4 Å². The smallest absolute Gasteiger partial charge is 0.273 e. The van der Waals surface area contributed by atoms with Crippen LogP contribution >= 0.6 is 11.5 Å². The molecule has 3 amide bonds. The summed E-state index contributed by atoms with van der Waals surface area (Å²) < 4.78 is 9.10. The Morgan fingerprint density at radius 1 is 1.13 bits per heavy atom. The van der Waals surface area contributed by atoms with Gasteiger partial charge in [-0.2, -0.15) is 4.37 Å². The van der Waals surface area contributed by atoms with Crippen LogP contribution in [0.1, 0.15) is 57.1 Å². The summed E-state index contributed by atoms with van der Waals surface area (Å²) in [7, 11) is 1.54. The molecule has 6 N–H and O–H groups in total. The van der Waals surface area contributed by atoms with Gasteiger partial charge >= 0.3 is 0 Å². The van der Waals surface area contributed by atoms with Gasteiger partial charge in [-0.25, -0.2) is 0 Å². The van der Waals surface area contributed by atoms with E-state index in [9.17, 15) is 14.4 Å². The van der Waals surface area contributed by atoms with Crippen molar-refractivity contribution >= 4 is 51.5 Å². The second-order valence-electron chi connectivity index (χ2n) is 9.04. The van der Waals surface area contributed by atoms with Crippen molar-refractivity contribution in [3.05, 3.63) is 76.4 Å². The molecule has 0 aliphatic rings. The van der Waals surface area contributed by atoms with Crippen molar-refractivity contribution in [3.63, 3.8) is 0 Å². The highest BCUT2D eigenvalue weighted by Crippen LogP contribution is 2.36. The maximum atomic E-state index is 14.2. The predicted octanol–water partition coefficient (Wildman–Crippen LogP) is 3.58. The van der Waals surface area contributed by atoms with Crippen LogP contribution < -0.4 is 21.7 Å². The number of nitrogens with two attached hydrogens (primary N) is 2. The monoisotopic (exact) mass is 534 g/mol. The SMILES string of the molecule is COCCNC(=O)[C@@H](c1c[nH]c2ccccc12)N(C(=O)c1snc(C(N)=O)c1N)c1ccc(C(C)C)cc1. The molecule has 4 rings (SSSR count). The molecule has 0 fully saturated rings. The van der Waals surface area contributed by atoms with Gasteiger partial charge in [0.2, 0.25) is 5.91 Å². The number of H-pyrrole nitrogens is 1. The lowest BCUT2D eigenvalue weighted by Crippen LogP contribution is -2.44. The van der Waals surface area contributed by atoms with Crippen LogP contribution in [0.2, 0.25) is 0 Å². The van der Waals surface area contributed by atoms with Gasteiger partial charge in [0.05, 0.1) is 12.3 Å². The zero-order chi connectivity index (χ0) is 27.4. The van der Waals surface area contributed by atoms with Crippen LogP contribution in [0.25, 0.3) is 10.9 Å². The molecular weight excluding hydrogens is 504 g/mol. The molecule has 2 aromatic carbocycles. The van der Waals surface area contributed by atoms with E-state index in [-0.39, 0.29) is 28.7 Å². The van der Waals surface area contributed by atoms with Gasteiger partial charge in [0.1, 0.15) is 10.9 Å². The highest BCUT2D eigenvalue weighted by Gasteiger charge is 2.37. The first-order chi connectivity index (χ1) is 18.2. The maximum absolute atomic E-state index is 14.2. The molecular formula is C27H30N6O4S. The molecule has 198 valence electrons. The number of aromatic nitrogens is 2. The highest BCUT2D eigenvalue weighted by molar-refractivity contribution is 7.09. The molecule has 2 heterocycles. The Morgan fingerprint density at radius 2 is 1.84 bits per heavy atom. The van der Waals surface area contributed by atoms with Crippen molar-refractivity contribution < 1.29 is 19.1 Å². The van der Waals surface area contributed by atoms with Gasteiger partial charge in [0.15, 0.2) is 5.69 Å². The molecule has 0 saturated carbocycles. The molecule has 0 aliphatic carbocycles. The van der Waals surface area contributed by atoms with E-state index < -0.39 is 23.8 Å². The Balaban J connectivity index is 1.91. The lowest BCUT2D eigenvalue weighted by atomic mass is 9.99. The standard InChI is InChI=1S/C27H30N6O4S/c1-15(2)16-8-10-17(11-9-16)33(27(36)24-21(28)22(25(29)34)32-38-24)23(26(35)30-12-13-37-3)19-14-31-20-7-5-4-6-18(19)20/h4-11,14-15,23,31H,12-13,28H2,1-3H3,(H2,29,34)(H,30,35)/t23-/m1/s1. The number of para-hydroxylation sites is 1. The number of hydrogen-bond acceptors (Lipinski definition) is 7. The molecule has 11 heteroatoms. The number of primary amides is 1. The summed E-state index contributed by atoms with van der Waals surface area (Å²) in [6.07, 6.45) is 1.72.